The lowest BCUT2D eigenvalue weighted by Gasteiger charge is -2.25. The lowest BCUT2D eigenvalue weighted by molar-refractivity contribution is -0.153. The van der Waals surface area contributed by atoms with E-state index >= 15 is 0 Å². The Morgan fingerprint density at radius 3 is 2.59 bits per heavy atom. The van der Waals surface area contributed by atoms with Gasteiger partial charge in [0.1, 0.15) is 5.82 Å². The normalized spacial score (nSPS) is 16.6. The predicted molar refractivity (Wildman–Crippen MR) is 106 cm³/mol. The van der Waals surface area contributed by atoms with E-state index in [-0.39, 0.29) is 11.3 Å². The van der Waals surface area contributed by atoms with E-state index in [1.54, 1.807) is 25.2 Å². The number of sulfonamides is 1. The first-order chi connectivity index (χ1) is 13.7. The number of nitrogens with two attached hydrogens (primary N) is 1. The lowest BCUT2D eigenvalue weighted by Crippen LogP contribution is -2.35. The topological polar surface area (TPSA) is 125 Å². The molecule has 0 bridgehead atoms. The van der Waals surface area contributed by atoms with Gasteiger partial charge in [-0.3, -0.25) is 9.59 Å². The summed E-state index contributed by atoms with van der Waals surface area (Å²) in [4.78, 5) is 27.6. The van der Waals surface area contributed by atoms with Crippen LogP contribution in [0.2, 0.25) is 0 Å². The van der Waals surface area contributed by atoms with Gasteiger partial charge in [0.15, 0.2) is 6.10 Å². The molecule has 0 aliphatic carbocycles. The number of imidazole rings is 1. The van der Waals surface area contributed by atoms with Gasteiger partial charge in [0, 0.05) is 26.6 Å². The first-order valence-corrected chi connectivity index (χ1v) is 11.1. The molecule has 1 amide bonds. The molecule has 158 valence electrons. The number of esters is 1. The molecular weight excluding hydrogens is 396 g/mol. The molecule has 9 nitrogen and oxygen atoms in total. The monoisotopic (exact) mass is 422 g/mol. The molecule has 0 saturated carbocycles. The van der Waals surface area contributed by atoms with Gasteiger partial charge in [-0.25, -0.2) is 13.4 Å². The number of carbonyl (C=O) groups is 2. The number of amides is 1. The average Bonchev–Trinajstić information content (AvgIpc) is 3.02. The van der Waals surface area contributed by atoms with Crippen LogP contribution in [0.3, 0.4) is 0 Å². The number of hydrogen-bond acceptors (Lipinski definition) is 6. The van der Waals surface area contributed by atoms with Crippen LogP contribution in [-0.4, -0.2) is 53.3 Å². The zero-order valence-corrected chi connectivity index (χ0v) is 17.4. The van der Waals surface area contributed by atoms with Crippen LogP contribution in [0.15, 0.2) is 23.1 Å². The maximum atomic E-state index is 12.9. The van der Waals surface area contributed by atoms with Crippen LogP contribution in [0, 0.1) is 0 Å². The van der Waals surface area contributed by atoms with Crippen molar-refractivity contribution in [2.24, 2.45) is 12.8 Å². The predicted octanol–water partition coefficient (Wildman–Crippen LogP) is 1.10. The summed E-state index contributed by atoms with van der Waals surface area (Å²) in [6, 6.07) is 4.91. The number of benzene rings is 1. The largest absolute Gasteiger partial charge is 0.453 e. The number of primary amides is 1. The van der Waals surface area contributed by atoms with Crippen molar-refractivity contribution in [2.75, 3.05) is 13.1 Å². The molecule has 29 heavy (non-hydrogen) atoms. The van der Waals surface area contributed by atoms with Gasteiger partial charge >= 0.3 is 5.97 Å². The highest BCUT2D eigenvalue weighted by atomic mass is 32.2. The molecule has 1 saturated heterocycles. The van der Waals surface area contributed by atoms with Crippen molar-refractivity contribution < 1.29 is 22.7 Å². The van der Waals surface area contributed by atoms with Crippen LogP contribution in [0.5, 0.6) is 0 Å². The van der Waals surface area contributed by atoms with Gasteiger partial charge in [0.25, 0.3) is 5.91 Å². The molecule has 3 rings (SSSR count). The molecule has 1 atom stereocenters. The Morgan fingerprint density at radius 2 is 1.93 bits per heavy atom. The van der Waals surface area contributed by atoms with E-state index in [9.17, 15) is 18.0 Å². The van der Waals surface area contributed by atoms with Crippen LogP contribution >= 0.6 is 0 Å². The van der Waals surface area contributed by atoms with E-state index < -0.39 is 28.0 Å². The molecule has 10 heteroatoms. The number of hydrogen-bond donors (Lipinski definition) is 1. The van der Waals surface area contributed by atoms with E-state index in [0.717, 1.165) is 24.8 Å². The SMILES string of the molecule is CC(OC(=O)CCc1nc2cc(S(=O)(=O)N3CCCCC3)ccc2n1C)C(N)=O. The fourth-order valence-corrected chi connectivity index (χ4v) is 4.93. The molecule has 1 aromatic carbocycles. The Morgan fingerprint density at radius 1 is 1.24 bits per heavy atom. The van der Waals surface area contributed by atoms with Gasteiger partial charge < -0.3 is 15.0 Å². The third kappa shape index (κ3) is 4.59. The molecule has 1 aliphatic rings. The van der Waals surface area contributed by atoms with Gasteiger partial charge in [-0.2, -0.15) is 4.31 Å². The van der Waals surface area contributed by atoms with E-state index in [1.165, 1.54) is 11.2 Å². The van der Waals surface area contributed by atoms with Crippen molar-refractivity contribution in [3.8, 4) is 0 Å². The Labute approximate surface area is 169 Å². The maximum absolute atomic E-state index is 12.9. The minimum Gasteiger partial charge on any atom is -0.453 e. The number of carbonyl (C=O) groups excluding carboxylic acids is 2. The number of nitrogens with zero attached hydrogens (tertiary/aromatic N) is 3. The second kappa shape index (κ2) is 8.50. The minimum atomic E-state index is -3.54. The highest BCUT2D eigenvalue weighted by molar-refractivity contribution is 7.89. The summed E-state index contributed by atoms with van der Waals surface area (Å²) in [5.74, 6) is -0.628. The van der Waals surface area contributed by atoms with Crippen molar-refractivity contribution >= 4 is 32.9 Å². The maximum Gasteiger partial charge on any atom is 0.307 e. The summed E-state index contributed by atoms with van der Waals surface area (Å²) in [5.41, 5.74) is 6.41. The Kier molecular flexibility index (Phi) is 6.23. The smallest absolute Gasteiger partial charge is 0.307 e. The van der Waals surface area contributed by atoms with E-state index in [4.69, 9.17) is 10.5 Å². The lowest BCUT2D eigenvalue weighted by atomic mass is 10.2. The van der Waals surface area contributed by atoms with Gasteiger partial charge in [0.05, 0.1) is 22.3 Å². The zero-order valence-electron chi connectivity index (χ0n) is 16.6. The minimum absolute atomic E-state index is 0.0354. The molecular formula is C19H26N4O5S. The Balaban J connectivity index is 1.77. The van der Waals surface area contributed by atoms with Gasteiger partial charge in [0.2, 0.25) is 10.0 Å². The summed E-state index contributed by atoms with van der Waals surface area (Å²) >= 11 is 0. The fraction of sp³-hybridized carbons (Fsp3) is 0.526. The molecule has 1 aromatic heterocycles. The number of fused-ring (bicyclic) bond motifs is 1. The summed E-state index contributed by atoms with van der Waals surface area (Å²) in [7, 11) is -1.73. The van der Waals surface area contributed by atoms with E-state index in [2.05, 4.69) is 4.98 Å². The van der Waals surface area contributed by atoms with Crippen molar-refractivity contribution in [2.45, 2.75) is 50.0 Å². The highest BCUT2D eigenvalue weighted by Gasteiger charge is 2.26. The van der Waals surface area contributed by atoms with Crippen molar-refractivity contribution in [3.05, 3.63) is 24.0 Å². The molecule has 0 spiro atoms. The summed E-state index contributed by atoms with van der Waals surface area (Å²) in [6.45, 7) is 2.50. The van der Waals surface area contributed by atoms with Crippen LogP contribution in [0.25, 0.3) is 11.0 Å². The van der Waals surface area contributed by atoms with E-state index in [1.807, 2.05) is 4.57 Å². The third-order valence-electron chi connectivity index (χ3n) is 5.16. The molecule has 2 N–H and O–H groups in total. The van der Waals surface area contributed by atoms with Gasteiger partial charge in [-0.15, -0.1) is 0 Å². The molecule has 1 fully saturated rings. The Hall–Kier alpha value is -2.46. The van der Waals surface area contributed by atoms with Crippen molar-refractivity contribution in [3.63, 3.8) is 0 Å². The summed E-state index contributed by atoms with van der Waals surface area (Å²) in [6.07, 6.45) is 2.15. The van der Waals surface area contributed by atoms with Gasteiger partial charge in [-0.05, 0) is 38.0 Å². The number of rotatable bonds is 7. The summed E-state index contributed by atoms with van der Waals surface area (Å²) < 4.78 is 34.1. The first kappa shape index (κ1) is 21.3. The number of aromatic nitrogens is 2. The molecule has 2 aromatic rings. The standard InChI is InChI=1S/C19H26N4O5S/c1-13(19(20)25)28-18(24)9-8-17-21-15-12-14(6-7-16(15)22(17)2)29(26,27)23-10-4-3-5-11-23/h6-7,12-13H,3-5,8-11H2,1-2H3,(H2,20,25). The number of aryl methyl sites for hydroxylation is 2. The van der Waals surface area contributed by atoms with Crippen LogP contribution in [0.4, 0.5) is 0 Å². The van der Waals surface area contributed by atoms with E-state index in [0.29, 0.717) is 30.9 Å². The second-order valence-corrected chi connectivity index (χ2v) is 9.17. The molecule has 1 aliphatic heterocycles. The Bertz CT molecular complexity index is 1020. The summed E-state index contributed by atoms with van der Waals surface area (Å²) in [5, 5.41) is 0. The van der Waals surface area contributed by atoms with Crippen molar-refractivity contribution in [1.29, 1.82) is 0 Å². The quantitative estimate of drug-likeness (QED) is 0.666. The molecule has 2 heterocycles. The molecule has 1 unspecified atom stereocenters. The third-order valence-corrected chi connectivity index (χ3v) is 7.05. The average molecular weight is 423 g/mol. The zero-order chi connectivity index (χ0) is 21.2. The van der Waals surface area contributed by atoms with Gasteiger partial charge in [-0.1, -0.05) is 6.42 Å². The number of piperidine rings is 1. The second-order valence-electron chi connectivity index (χ2n) is 7.24. The van der Waals surface area contributed by atoms with Crippen molar-refractivity contribution in [1.82, 2.24) is 13.9 Å². The van der Waals surface area contributed by atoms with Crippen LogP contribution < -0.4 is 5.73 Å². The van der Waals surface area contributed by atoms with Crippen LogP contribution in [0.1, 0.15) is 38.4 Å². The fourth-order valence-electron chi connectivity index (χ4n) is 3.40. The highest BCUT2D eigenvalue weighted by Crippen LogP contribution is 2.25. The van der Waals surface area contributed by atoms with Crippen LogP contribution in [-0.2, 0) is 37.8 Å². The molecule has 0 radical (unpaired) electrons. The number of ether oxygens (including phenoxy) is 1. The first-order valence-electron chi connectivity index (χ1n) is 9.64.